The summed E-state index contributed by atoms with van der Waals surface area (Å²) >= 11 is 11.9. The van der Waals surface area contributed by atoms with Crippen molar-refractivity contribution < 1.29 is 0 Å². The summed E-state index contributed by atoms with van der Waals surface area (Å²) in [7, 11) is 0. The highest BCUT2D eigenvalue weighted by molar-refractivity contribution is 6.50. The molecule has 0 bridgehead atoms. The molecule has 1 unspecified atom stereocenters. The molecule has 16 heavy (non-hydrogen) atoms. The number of nitrogens with one attached hydrogen (secondary N) is 1. The largest absolute Gasteiger partial charge is 0.316 e. The molecule has 0 aromatic rings. The van der Waals surface area contributed by atoms with Gasteiger partial charge in [0, 0.05) is 12.5 Å². The van der Waals surface area contributed by atoms with E-state index >= 15 is 0 Å². The van der Waals surface area contributed by atoms with Gasteiger partial charge in [0.05, 0.1) is 0 Å². The Balaban J connectivity index is 1.43. The average molecular weight is 265 g/mol. The lowest BCUT2D eigenvalue weighted by Crippen LogP contribution is -2.32. The van der Waals surface area contributed by atoms with E-state index in [1.807, 2.05) is 0 Å². The van der Waals surface area contributed by atoms with Gasteiger partial charge in [0.1, 0.15) is 4.33 Å². The minimum atomic E-state index is -0.417. The first-order valence-corrected chi connectivity index (χ1v) is 7.25. The summed E-state index contributed by atoms with van der Waals surface area (Å²) in [5, 5.41) is 3.45. The van der Waals surface area contributed by atoms with Crippen LogP contribution >= 0.6 is 23.2 Å². The molecule has 1 heterocycles. The molecule has 2 rings (SSSR count). The standard InChI is InChI=1S/C12H22Cl2N2/c13-12(14)9-11(12)10-15-5-4-8-16-6-2-1-3-7-16/h11,15H,1-10H2. The van der Waals surface area contributed by atoms with Crippen LogP contribution in [0.2, 0.25) is 0 Å². The van der Waals surface area contributed by atoms with Crippen LogP contribution in [0.25, 0.3) is 0 Å². The van der Waals surface area contributed by atoms with Crippen molar-refractivity contribution in [3.8, 4) is 0 Å². The van der Waals surface area contributed by atoms with Crippen LogP contribution < -0.4 is 5.32 Å². The van der Waals surface area contributed by atoms with Gasteiger partial charge in [-0.3, -0.25) is 0 Å². The molecule has 1 saturated carbocycles. The summed E-state index contributed by atoms with van der Waals surface area (Å²) in [6, 6.07) is 0. The Kier molecular flexibility index (Phi) is 4.77. The van der Waals surface area contributed by atoms with Gasteiger partial charge in [-0.1, -0.05) is 6.42 Å². The smallest absolute Gasteiger partial charge is 0.122 e. The Hall–Kier alpha value is 0.500. The summed E-state index contributed by atoms with van der Waals surface area (Å²) in [6.07, 6.45) is 6.39. The second-order valence-corrected chi connectivity index (χ2v) is 6.66. The van der Waals surface area contributed by atoms with Gasteiger partial charge < -0.3 is 10.2 Å². The van der Waals surface area contributed by atoms with Crippen LogP contribution in [0.15, 0.2) is 0 Å². The Labute approximate surface area is 109 Å². The number of rotatable bonds is 6. The topological polar surface area (TPSA) is 15.3 Å². The minimum absolute atomic E-state index is 0.417. The molecule has 0 aromatic carbocycles. The monoisotopic (exact) mass is 264 g/mol. The highest BCUT2D eigenvalue weighted by Gasteiger charge is 2.50. The van der Waals surface area contributed by atoms with Crippen LogP contribution in [0.5, 0.6) is 0 Å². The van der Waals surface area contributed by atoms with E-state index in [1.165, 1.54) is 45.3 Å². The predicted octanol–water partition coefficient (Wildman–Crippen LogP) is 2.65. The van der Waals surface area contributed by atoms with Crippen LogP contribution in [-0.2, 0) is 0 Å². The maximum absolute atomic E-state index is 5.96. The average Bonchev–Trinajstić information content (AvgIpc) is 2.87. The van der Waals surface area contributed by atoms with Crippen molar-refractivity contribution in [1.29, 1.82) is 0 Å². The predicted molar refractivity (Wildman–Crippen MR) is 70.3 cm³/mol. The Bertz CT molecular complexity index is 215. The molecule has 1 aliphatic heterocycles. The van der Waals surface area contributed by atoms with Crippen LogP contribution in [0.1, 0.15) is 32.1 Å². The van der Waals surface area contributed by atoms with Gasteiger partial charge in [-0.2, -0.15) is 0 Å². The van der Waals surface area contributed by atoms with Gasteiger partial charge in [-0.05, 0) is 51.9 Å². The third-order valence-corrected chi connectivity index (χ3v) is 4.55. The first-order chi connectivity index (χ1) is 7.68. The van der Waals surface area contributed by atoms with Gasteiger partial charge in [0.15, 0.2) is 0 Å². The second kappa shape index (κ2) is 5.90. The quantitative estimate of drug-likeness (QED) is 0.586. The van der Waals surface area contributed by atoms with E-state index in [1.54, 1.807) is 0 Å². The van der Waals surface area contributed by atoms with Crippen molar-refractivity contribution in [3.63, 3.8) is 0 Å². The maximum Gasteiger partial charge on any atom is 0.122 e. The van der Waals surface area contributed by atoms with E-state index in [2.05, 4.69) is 10.2 Å². The second-order valence-electron chi connectivity index (χ2n) is 5.12. The van der Waals surface area contributed by atoms with Crippen molar-refractivity contribution >= 4 is 23.2 Å². The van der Waals surface area contributed by atoms with E-state index in [9.17, 15) is 0 Å². The molecule has 2 nitrogen and oxygen atoms in total. The number of halogens is 2. The Morgan fingerprint density at radius 2 is 1.88 bits per heavy atom. The molecule has 0 amide bonds. The van der Waals surface area contributed by atoms with E-state index in [0.29, 0.717) is 5.92 Å². The summed E-state index contributed by atoms with van der Waals surface area (Å²) in [5.74, 6) is 0.478. The van der Waals surface area contributed by atoms with Crippen LogP contribution in [0.3, 0.4) is 0 Å². The van der Waals surface area contributed by atoms with Gasteiger partial charge in [0.25, 0.3) is 0 Å². The number of alkyl halides is 2. The number of likely N-dealkylation sites (tertiary alicyclic amines) is 1. The van der Waals surface area contributed by atoms with Gasteiger partial charge >= 0.3 is 0 Å². The van der Waals surface area contributed by atoms with E-state index < -0.39 is 4.33 Å². The number of hydrogen-bond acceptors (Lipinski definition) is 2. The molecule has 94 valence electrons. The highest BCUT2D eigenvalue weighted by atomic mass is 35.5. The zero-order valence-electron chi connectivity index (χ0n) is 9.85. The normalized spacial score (nSPS) is 29.2. The third kappa shape index (κ3) is 4.06. The zero-order chi connectivity index (χ0) is 11.4. The fourth-order valence-corrected chi connectivity index (χ4v) is 2.90. The summed E-state index contributed by atoms with van der Waals surface area (Å²) in [5.41, 5.74) is 0. The number of nitrogens with zero attached hydrogens (tertiary/aromatic N) is 1. The number of piperidine rings is 1. The van der Waals surface area contributed by atoms with Crippen molar-refractivity contribution in [3.05, 3.63) is 0 Å². The van der Waals surface area contributed by atoms with Crippen LogP contribution in [0.4, 0.5) is 0 Å². The van der Waals surface area contributed by atoms with Crippen molar-refractivity contribution in [2.24, 2.45) is 5.92 Å². The minimum Gasteiger partial charge on any atom is -0.316 e. The molecule has 1 atom stereocenters. The molecule has 1 N–H and O–H groups in total. The molecular weight excluding hydrogens is 243 g/mol. The van der Waals surface area contributed by atoms with Crippen molar-refractivity contribution in [2.75, 3.05) is 32.7 Å². The lowest BCUT2D eigenvalue weighted by atomic mass is 10.1. The first kappa shape index (κ1) is 12.9. The van der Waals surface area contributed by atoms with Crippen molar-refractivity contribution in [1.82, 2.24) is 10.2 Å². The molecule has 2 aliphatic rings. The maximum atomic E-state index is 5.96. The fraction of sp³-hybridized carbons (Fsp3) is 1.00. The van der Waals surface area contributed by atoms with E-state index in [0.717, 1.165) is 19.5 Å². The van der Waals surface area contributed by atoms with Crippen LogP contribution in [0, 0.1) is 5.92 Å². The molecule has 2 fully saturated rings. The Morgan fingerprint density at radius 3 is 2.50 bits per heavy atom. The van der Waals surface area contributed by atoms with Gasteiger partial charge in [-0.15, -0.1) is 23.2 Å². The summed E-state index contributed by atoms with van der Waals surface area (Å²) in [6.45, 7) is 5.92. The zero-order valence-corrected chi connectivity index (χ0v) is 11.4. The van der Waals surface area contributed by atoms with E-state index in [4.69, 9.17) is 23.2 Å². The highest BCUT2D eigenvalue weighted by Crippen LogP contribution is 2.52. The molecule has 4 heteroatoms. The molecular formula is C12H22Cl2N2. The van der Waals surface area contributed by atoms with Gasteiger partial charge in [-0.25, -0.2) is 0 Å². The molecule has 1 aliphatic carbocycles. The fourth-order valence-electron chi connectivity index (χ4n) is 2.38. The third-order valence-electron chi connectivity index (χ3n) is 3.62. The molecule has 0 spiro atoms. The molecule has 0 aromatic heterocycles. The van der Waals surface area contributed by atoms with Crippen LogP contribution in [-0.4, -0.2) is 42.0 Å². The van der Waals surface area contributed by atoms with Gasteiger partial charge in [0.2, 0.25) is 0 Å². The summed E-state index contributed by atoms with van der Waals surface area (Å²) < 4.78 is -0.417. The number of hydrogen-bond donors (Lipinski definition) is 1. The summed E-state index contributed by atoms with van der Waals surface area (Å²) in [4.78, 5) is 2.58. The lowest BCUT2D eigenvalue weighted by molar-refractivity contribution is 0.225. The van der Waals surface area contributed by atoms with Crippen molar-refractivity contribution in [2.45, 2.75) is 36.4 Å². The van der Waals surface area contributed by atoms with E-state index in [-0.39, 0.29) is 0 Å². The lowest BCUT2D eigenvalue weighted by Gasteiger charge is -2.26. The Morgan fingerprint density at radius 1 is 1.19 bits per heavy atom. The SMILES string of the molecule is ClC1(Cl)CC1CNCCCN1CCCCC1. The first-order valence-electron chi connectivity index (χ1n) is 6.49. The molecule has 0 radical (unpaired) electrons. The molecule has 1 saturated heterocycles.